The number of fused-ring (bicyclic) bond motifs is 2. The zero-order chi connectivity index (χ0) is 30.6. The fourth-order valence-electron chi connectivity index (χ4n) is 7.24. The molecule has 2 fully saturated rings. The van der Waals surface area contributed by atoms with Crippen molar-refractivity contribution in [3.05, 3.63) is 80.9 Å². The van der Waals surface area contributed by atoms with E-state index < -0.39 is 18.0 Å². The molecular formula is C38H52Cl2SiZr-2. The van der Waals surface area contributed by atoms with Crippen molar-refractivity contribution in [1.29, 1.82) is 0 Å². The van der Waals surface area contributed by atoms with E-state index in [0.29, 0.717) is 0 Å². The molecule has 4 aromatic carbocycles. The van der Waals surface area contributed by atoms with Crippen molar-refractivity contribution < 1.29 is 18.0 Å². The molecule has 6 rings (SSSR count). The van der Waals surface area contributed by atoms with Crippen molar-refractivity contribution >= 4 is 44.0 Å². The van der Waals surface area contributed by atoms with Crippen LogP contribution in [0.25, 0.3) is 21.5 Å². The van der Waals surface area contributed by atoms with E-state index in [-0.39, 0.29) is 5.43 Å². The summed E-state index contributed by atoms with van der Waals surface area (Å²) in [5, 5.41) is 6.12. The van der Waals surface area contributed by atoms with Crippen LogP contribution in [0.1, 0.15) is 121 Å². The molecule has 0 heterocycles. The average molecular weight is 699 g/mol. The quantitative estimate of drug-likeness (QED) is 0.144. The predicted octanol–water partition coefficient (Wildman–Crippen LogP) is 13.2. The van der Waals surface area contributed by atoms with E-state index in [9.17, 15) is 0 Å². The minimum Gasteiger partial charge on any atom is -0.153 e. The smallest absolute Gasteiger partial charge is 0.0251 e. The Morgan fingerprint density at radius 2 is 0.929 bits per heavy atom. The number of rotatable bonds is 2. The first kappa shape index (κ1) is 34.2. The second-order valence-corrected chi connectivity index (χ2v) is 36.3. The maximum absolute atomic E-state index is 5.62. The van der Waals surface area contributed by atoms with Crippen molar-refractivity contribution in [2.75, 3.05) is 0 Å². The summed E-state index contributed by atoms with van der Waals surface area (Å²) in [5.41, 5.74) is 11.8. The van der Waals surface area contributed by atoms with Gasteiger partial charge in [-0.2, -0.15) is 11.1 Å². The Hall–Kier alpha value is -0.660. The molecule has 4 aromatic rings. The molecule has 42 heavy (non-hydrogen) atoms. The van der Waals surface area contributed by atoms with E-state index in [1.807, 2.05) is 0 Å². The molecule has 2 aliphatic carbocycles. The molecule has 0 aromatic heterocycles. The van der Waals surface area contributed by atoms with Crippen molar-refractivity contribution in [3.63, 3.8) is 0 Å². The number of hydrogen-bond acceptors (Lipinski definition) is 0. The summed E-state index contributed by atoms with van der Waals surface area (Å²) in [6.07, 6.45) is 14.1. The van der Waals surface area contributed by atoms with Crippen molar-refractivity contribution in [1.82, 2.24) is 0 Å². The largest absolute Gasteiger partial charge is 0.153 e. The number of hydrogen-bond donors (Lipinski definition) is 0. The molecule has 0 nitrogen and oxygen atoms in total. The molecule has 228 valence electrons. The maximum atomic E-state index is 5.62. The third kappa shape index (κ3) is 7.94. The first-order valence-electron chi connectivity index (χ1n) is 16.3. The summed E-state index contributed by atoms with van der Waals surface area (Å²) in [5.74, 6) is 1.62. The Morgan fingerprint density at radius 3 is 1.24 bits per heavy atom. The fourth-order valence-corrected chi connectivity index (χ4v) is 7.24. The number of benzene rings is 2. The Kier molecular flexibility index (Phi) is 12.7. The van der Waals surface area contributed by atoms with Crippen LogP contribution in [0, 0.1) is 41.5 Å². The second-order valence-electron chi connectivity index (χ2n) is 13.4. The summed E-state index contributed by atoms with van der Waals surface area (Å²) in [6, 6.07) is 14.2. The van der Waals surface area contributed by atoms with Gasteiger partial charge in [0.2, 0.25) is 0 Å². The van der Waals surface area contributed by atoms with Gasteiger partial charge in [0.25, 0.3) is 0 Å². The van der Waals surface area contributed by atoms with Gasteiger partial charge in [-0.25, -0.2) is 0 Å². The van der Waals surface area contributed by atoms with E-state index in [1.165, 1.54) is 108 Å². The topological polar surface area (TPSA) is 0 Å². The van der Waals surface area contributed by atoms with Gasteiger partial charge in [0.15, 0.2) is 0 Å². The van der Waals surface area contributed by atoms with Gasteiger partial charge >= 0.3 is 53.5 Å². The van der Waals surface area contributed by atoms with Gasteiger partial charge in [-0.3, -0.25) is 0 Å². The predicted molar refractivity (Wildman–Crippen MR) is 188 cm³/mol. The van der Waals surface area contributed by atoms with E-state index >= 15 is 0 Å². The van der Waals surface area contributed by atoms with Gasteiger partial charge in [0.1, 0.15) is 0 Å². The Morgan fingerprint density at radius 1 is 0.595 bits per heavy atom. The molecular weight excluding hydrogens is 647 g/mol. The summed E-state index contributed by atoms with van der Waals surface area (Å²) in [6.45, 7) is 17.9. The van der Waals surface area contributed by atoms with Crippen LogP contribution in [-0.4, -0.2) is 5.43 Å². The molecule has 0 aliphatic heterocycles. The molecule has 0 radical (unpaired) electrons. The molecule has 4 heteroatoms. The molecule has 0 spiro atoms. The maximum Gasteiger partial charge on any atom is -0.0251 e. The molecule has 0 bridgehead atoms. The van der Waals surface area contributed by atoms with Crippen LogP contribution in [0.4, 0.5) is 0 Å². The van der Waals surface area contributed by atoms with Gasteiger partial charge < -0.3 is 0 Å². The Bertz CT molecular complexity index is 1420. The molecule has 0 amide bonds. The van der Waals surface area contributed by atoms with E-state index in [4.69, 9.17) is 17.0 Å². The minimum atomic E-state index is -1.65. The van der Waals surface area contributed by atoms with Crippen molar-refractivity contribution in [2.45, 2.75) is 131 Å². The normalized spacial score (nSPS) is 16.1. The van der Waals surface area contributed by atoms with Crippen molar-refractivity contribution in [2.24, 2.45) is 0 Å². The van der Waals surface area contributed by atoms with Gasteiger partial charge in [0, 0.05) is 0 Å². The molecule has 2 aliphatic rings. The first-order valence-corrected chi connectivity index (χ1v) is 28.8. The number of halogens is 2. The van der Waals surface area contributed by atoms with E-state index in [1.54, 1.807) is 21.9 Å². The van der Waals surface area contributed by atoms with Crippen LogP contribution in [0.15, 0.2) is 36.4 Å². The van der Waals surface area contributed by atoms with E-state index in [2.05, 4.69) is 91.0 Å². The van der Waals surface area contributed by atoms with Gasteiger partial charge in [-0.15, -0.1) is 68.1 Å². The summed E-state index contributed by atoms with van der Waals surface area (Å²) >= 11 is -1.65. The fraction of sp³-hybridized carbons (Fsp3) is 0.526. The molecule has 0 N–H and O–H groups in total. The SMILES string of the molecule is C[Si](C)=[Zr]([Cl])[Cl].Cc1[cH-]c2c(C)ccc(C3CCCCC3)c2c1C.Cc1[cH-]c2c(C)ccc(C3CCCCC3)c2c1C. The number of aryl methyl sites for hydroxylation is 6. The van der Waals surface area contributed by atoms with Crippen molar-refractivity contribution in [3.8, 4) is 0 Å². The second kappa shape index (κ2) is 15.6. The first-order chi connectivity index (χ1) is 20.0. The monoisotopic (exact) mass is 696 g/mol. The standard InChI is InChI=1S/2C18H23.C2H6Si.2ClH.Zr/c2*1-12-9-10-16(15-7-5-4-6-8-15)18-14(3)13(2)11-17(12)18;1-3-2;;;/h2*9-11,15H,4-8H2,1-3H3;1-2H3;2*1H;/q2*-1;;;;+2/p-2. The zero-order valence-electron chi connectivity index (χ0n) is 27.4. The van der Waals surface area contributed by atoms with Gasteiger partial charge in [-0.1, -0.05) is 103 Å². The molecule has 0 saturated heterocycles. The molecule has 2 saturated carbocycles. The third-order valence-corrected chi connectivity index (χ3v) is 29.9. The van der Waals surface area contributed by atoms with Crippen LogP contribution in [0.3, 0.4) is 0 Å². The third-order valence-electron chi connectivity index (χ3n) is 10.1. The van der Waals surface area contributed by atoms with Crippen LogP contribution >= 0.6 is 17.0 Å². The van der Waals surface area contributed by atoms with Crippen LogP contribution in [0.5, 0.6) is 0 Å². The van der Waals surface area contributed by atoms with Gasteiger partial charge in [0.05, 0.1) is 0 Å². The Labute approximate surface area is 271 Å². The average Bonchev–Trinajstić information content (AvgIpc) is 3.46. The Balaban J connectivity index is 0.000000162. The summed E-state index contributed by atoms with van der Waals surface area (Å²) in [7, 11) is 11.2. The molecule has 0 atom stereocenters. The van der Waals surface area contributed by atoms with Crippen LogP contribution in [-0.2, 0) is 18.0 Å². The zero-order valence-corrected chi connectivity index (χ0v) is 32.4. The summed E-state index contributed by atoms with van der Waals surface area (Å²) in [4.78, 5) is 0. The minimum absolute atomic E-state index is 0.224. The molecule has 0 unspecified atom stereocenters. The summed E-state index contributed by atoms with van der Waals surface area (Å²) < 4.78 is 0. The van der Waals surface area contributed by atoms with Crippen LogP contribution in [0.2, 0.25) is 13.1 Å². The van der Waals surface area contributed by atoms with E-state index in [0.717, 1.165) is 11.8 Å². The van der Waals surface area contributed by atoms with Crippen LogP contribution < -0.4 is 0 Å². The van der Waals surface area contributed by atoms with Gasteiger partial charge in [-0.05, 0) is 37.5 Å².